The van der Waals surface area contributed by atoms with Gasteiger partial charge in [0.2, 0.25) is 0 Å². The number of hydrogen-bond donors (Lipinski definition) is 1. The van der Waals surface area contributed by atoms with E-state index in [1.165, 1.54) is 31.2 Å². The van der Waals surface area contributed by atoms with Crippen molar-refractivity contribution in [2.45, 2.75) is 52.4 Å². The minimum Gasteiger partial charge on any atom is -0.316 e. The van der Waals surface area contributed by atoms with E-state index in [-0.39, 0.29) is 5.82 Å². The molecule has 1 N–H and O–H groups in total. The Morgan fingerprint density at radius 3 is 2.60 bits per heavy atom. The second-order valence-corrected chi connectivity index (χ2v) is 6.49. The van der Waals surface area contributed by atoms with Gasteiger partial charge in [-0.3, -0.25) is 0 Å². The summed E-state index contributed by atoms with van der Waals surface area (Å²) in [7, 11) is 0. The van der Waals surface area contributed by atoms with Crippen LogP contribution in [0.3, 0.4) is 0 Å². The Morgan fingerprint density at radius 1 is 1.30 bits per heavy atom. The summed E-state index contributed by atoms with van der Waals surface area (Å²) in [5.74, 6) is 1.13. The van der Waals surface area contributed by atoms with Crippen molar-refractivity contribution in [1.82, 2.24) is 5.32 Å². The molecule has 2 heteroatoms. The van der Waals surface area contributed by atoms with Gasteiger partial charge in [-0.2, -0.15) is 0 Å². The van der Waals surface area contributed by atoms with E-state index < -0.39 is 0 Å². The molecule has 3 unspecified atom stereocenters. The normalized spacial score (nSPS) is 28.3. The van der Waals surface area contributed by atoms with Gasteiger partial charge in [-0.15, -0.1) is 0 Å². The Morgan fingerprint density at radius 2 is 2.00 bits per heavy atom. The summed E-state index contributed by atoms with van der Waals surface area (Å²) in [6.07, 6.45) is 4.96. The number of nitrogens with one attached hydrogen (secondary N) is 1. The van der Waals surface area contributed by atoms with E-state index in [4.69, 9.17) is 0 Å². The van der Waals surface area contributed by atoms with Crippen LogP contribution in [-0.4, -0.2) is 13.1 Å². The monoisotopic (exact) mass is 277 g/mol. The molecular formula is C18H28FN. The lowest BCUT2D eigenvalue weighted by Gasteiger charge is -2.46. The molecule has 0 bridgehead atoms. The van der Waals surface area contributed by atoms with Crippen molar-refractivity contribution in [3.8, 4) is 0 Å². The van der Waals surface area contributed by atoms with Crippen LogP contribution in [0.2, 0.25) is 0 Å². The number of halogens is 1. The van der Waals surface area contributed by atoms with Crippen molar-refractivity contribution in [1.29, 1.82) is 0 Å². The zero-order valence-corrected chi connectivity index (χ0v) is 13.1. The Balaban J connectivity index is 2.28. The Labute approximate surface area is 123 Å². The van der Waals surface area contributed by atoms with Gasteiger partial charge in [-0.05, 0) is 54.8 Å². The lowest BCUT2D eigenvalue weighted by molar-refractivity contribution is 0.116. The highest BCUT2D eigenvalue weighted by molar-refractivity contribution is 5.24. The fourth-order valence-electron chi connectivity index (χ4n) is 3.79. The molecule has 0 amide bonds. The minimum atomic E-state index is -0.137. The van der Waals surface area contributed by atoms with Crippen LogP contribution in [0, 0.1) is 17.2 Å². The maximum atomic E-state index is 13.2. The van der Waals surface area contributed by atoms with Gasteiger partial charge in [-0.1, -0.05) is 39.3 Å². The molecule has 0 aliphatic carbocycles. The quantitative estimate of drug-likeness (QED) is 0.820. The lowest BCUT2D eigenvalue weighted by Crippen LogP contribution is -2.44. The standard InChI is InChI=1S/C18H28FN/c1-4-14(3)12-18(5-2)10-11-20-13-17(18)15-6-8-16(19)9-7-15/h6-9,14,17,20H,4-5,10-13H2,1-3H3. The maximum Gasteiger partial charge on any atom is 0.123 e. The van der Waals surface area contributed by atoms with Crippen LogP contribution < -0.4 is 5.32 Å². The van der Waals surface area contributed by atoms with Crippen molar-refractivity contribution >= 4 is 0 Å². The summed E-state index contributed by atoms with van der Waals surface area (Å²) in [5.41, 5.74) is 1.67. The van der Waals surface area contributed by atoms with E-state index in [9.17, 15) is 4.39 Å². The van der Waals surface area contributed by atoms with Gasteiger partial charge in [0.05, 0.1) is 0 Å². The smallest absolute Gasteiger partial charge is 0.123 e. The number of rotatable bonds is 5. The molecule has 3 atom stereocenters. The van der Waals surface area contributed by atoms with Crippen LogP contribution in [0.5, 0.6) is 0 Å². The largest absolute Gasteiger partial charge is 0.316 e. The lowest BCUT2D eigenvalue weighted by atomic mass is 9.62. The second-order valence-electron chi connectivity index (χ2n) is 6.49. The molecule has 112 valence electrons. The van der Waals surface area contributed by atoms with Crippen LogP contribution in [0.15, 0.2) is 24.3 Å². The molecule has 0 aromatic heterocycles. The van der Waals surface area contributed by atoms with Crippen LogP contribution in [0.4, 0.5) is 4.39 Å². The van der Waals surface area contributed by atoms with E-state index in [0.717, 1.165) is 19.0 Å². The van der Waals surface area contributed by atoms with Crippen LogP contribution in [0.1, 0.15) is 57.9 Å². The highest BCUT2D eigenvalue weighted by Gasteiger charge is 2.40. The molecule has 1 nitrogen and oxygen atoms in total. The summed E-state index contributed by atoms with van der Waals surface area (Å²) < 4.78 is 13.2. The first kappa shape index (κ1) is 15.5. The molecule has 0 saturated carbocycles. The van der Waals surface area contributed by atoms with Crippen LogP contribution in [0.25, 0.3) is 0 Å². The Kier molecular flexibility index (Phi) is 5.20. The Hall–Kier alpha value is -0.890. The van der Waals surface area contributed by atoms with Crippen molar-refractivity contribution in [2.24, 2.45) is 11.3 Å². The van der Waals surface area contributed by atoms with Gasteiger partial charge in [-0.25, -0.2) is 4.39 Å². The van der Waals surface area contributed by atoms with Gasteiger partial charge in [0.25, 0.3) is 0 Å². The average Bonchev–Trinajstić information content (AvgIpc) is 2.48. The molecule has 0 radical (unpaired) electrons. The number of piperidine rings is 1. The first-order valence-electron chi connectivity index (χ1n) is 8.07. The van der Waals surface area contributed by atoms with Gasteiger partial charge in [0.1, 0.15) is 5.82 Å². The topological polar surface area (TPSA) is 12.0 Å². The highest BCUT2D eigenvalue weighted by Crippen LogP contribution is 2.48. The molecular weight excluding hydrogens is 249 g/mol. The zero-order valence-electron chi connectivity index (χ0n) is 13.1. The summed E-state index contributed by atoms with van der Waals surface area (Å²) >= 11 is 0. The molecule has 2 rings (SSSR count). The molecule has 1 heterocycles. The molecule has 20 heavy (non-hydrogen) atoms. The fraction of sp³-hybridized carbons (Fsp3) is 0.667. The highest BCUT2D eigenvalue weighted by atomic mass is 19.1. The van der Waals surface area contributed by atoms with Gasteiger partial charge in [0.15, 0.2) is 0 Å². The molecule has 1 aliphatic rings. The second kappa shape index (κ2) is 6.71. The minimum absolute atomic E-state index is 0.137. The maximum absolute atomic E-state index is 13.2. The summed E-state index contributed by atoms with van der Waals surface area (Å²) in [6, 6.07) is 7.17. The third-order valence-corrected chi connectivity index (χ3v) is 5.32. The molecule has 0 spiro atoms. The zero-order chi connectivity index (χ0) is 14.6. The first-order valence-corrected chi connectivity index (χ1v) is 8.07. The van der Waals surface area contributed by atoms with Crippen LogP contribution >= 0.6 is 0 Å². The van der Waals surface area contributed by atoms with Crippen molar-refractivity contribution in [3.63, 3.8) is 0 Å². The molecule has 1 fully saturated rings. The summed E-state index contributed by atoms with van der Waals surface area (Å²) in [6.45, 7) is 9.10. The fourth-order valence-corrected chi connectivity index (χ4v) is 3.79. The van der Waals surface area contributed by atoms with E-state index in [1.807, 2.05) is 12.1 Å². The third-order valence-electron chi connectivity index (χ3n) is 5.32. The van der Waals surface area contributed by atoms with E-state index in [0.29, 0.717) is 11.3 Å². The molecule has 1 aromatic carbocycles. The average molecular weight is 277 g/mol. The predicted octanol–water partition coefficient (Wildman–Crippen LogP) is 4.74. The third kappa shape index (κ3) is 3.22. The first-order chi connectivity index (χ1) is 9.61. The van der Waals surface area contributed by atoms with Crippen molar-refractivity contribution in [2.75, 3.05) is 13.1 Å². The molecule has 1 saturated heterocycles. The Bertz CT molecular complexity index is 414. The SMILES string of the molecule is CCC(C)CC1(CC)CCNCC1c1ccc(F)cc1. The van der Waals surface area contributed by atoms with Gasteiger partial charge < -0.3 is 5.32 Å². The van der Waals surface area contributed by atoms with E-state index in [2.05, 4.69) is 26.1 Å². The van der Waals surface area contributed by atoms with Crippen LogP contribution in [-0.2, 0) is 0 Å². The molecule has 1 aromatic rings. The predicted molar refractivity (Wildman–Crippen MR) is 83.4 cm³/mol. The van der Waals surface area contributed by atoms with Gasteiger partial charge in [0, 0.05) is 12.5 Å². The van der Waals surface area contributed by atoms with E-state index >= 15 is 0 Å². The number of hydrogen-bond acceptors (Lipinski definition) is 1. The summed E-state index contributed by atoms with van der Waals surface area (Å²) in [4.78, 5) is 0. The van der Waals surface area contributed by atoms with Crippen molar-refractivity contribution < 1.29 is 4.39 Å². The van der Waals surface area contributed by atoms with E-state index in [1.54, 1.807) is 12.1 Å². The number of benzene rings is 1. The van der Waals surface area contributed by atoms with Crippen molar-refractivity contribution in [3.05, 3.63) is 35.6 Å². The summed E-state index contributed by atoms with van der Waals surface area (Å²) in [5, 5.41) is 3.53. The van der Waals surface area contributed by atoms with Gasteiger partial charge >= 0.3 is 0 Å². The molecule has 1 aliphatic heterocycles.